The minimum atomic E-state index is -0.277. The molecule has 2 aromatic carbocycles. The summed E-state index contributed by atoms with van der Waals surface area (Å²) in [6, 6.07) is 12.4. The molecule has 1 aromatic heterocycles. The normalized spacial score (nSPS) is 10.5. The Bertz CT molecular complexity index is 994. The summed E-state index contributed by atoms with van der Waals surface area (Å²) in [6.07, 6.45) is 0.660. The van der Waals surface area contributed by atoms with Crippen LogP contribution in [0.25, 0.3) is 11.4 Å². The molecule has 0 aliphatic carbocycles. The molecule has 2 amide bonds. The third kappa shape index (κ3) is 4.38. The van der Waals surface area contributed by atoms with Crippen LogP contribution in [0.4, 0.5) is 11.4 Å². The van der Waals surface area contributed by atoms with E-state index in [1.165, 1.54) is 6.92 Å². The first-order valence-corrected chi connectivity index (χ1v) is 8.59. The van der Waals surface area contributed by atoms with E-state index < -0.39 is 0 Å². The molecule has 0 saturated heterocycles. The summed E-state index contributed by atoms with van der Waals surface area (Å²) in [6.45, 7) is 5.23. The van der Waals surface area contributed by atoms with Gasteiger partial charge in [0.25, 0.3) is 5.91 Å². The van der Waals surface area contributed by atoms with Gasteiger partial charge in [-0.2, -0.15) is 4.98 Å². The van der Waals surface area contributed by atoms with Crippen molar-refractivity contribution in [2.24, 2.45) is 0 Å². The lowest BCUT2D eigenvalue weighted by molar-refractivity contribution is -0.114. The number of hydrogen-bond donors (Lipinski definition) is 2. The number of aromatic nitrogens is 2. The van der Waals surface area contributed by atoms with E-state index in [-0.39, 0.29) is 11.8 Å². The Morgan fingerprint density at radius 3 is 2.63 bits per heavy atom. The van der Waals surface area contributed by atoms with Crippen LogP contribution in [0.3, 0.4) is 0 Å². The first-order valence-electron chi connectivity index (χ1n) is 8.59. The summed E-state index contributed by atoms with van der Waals surface area (Å²) < 4.78 is 5.13. The topological polar surface area (TPSA) is 97.1 Å². The van der Waals surface area contributed by atoms with Gasteiger partial charge in [0.2, 0.25) is 17.6 Å². The lowest BCUT2D eigenvalue weighted by Gasteiger charge is -2.10. The maximum atomic E-state index is 12.6. The van der Waals surface area contributed by atoms with Crippen LogP contribution < -0.4 is 10.6 Å². The van der Waals surface area contributed by atoms with E-state index in [0.29, 0.717) is 35.1 Å². The molecule has 0 aliphatic rings. The van der Waals surface area contributed by atoms with Crippen LogP contribution in [0.2, 0.25) is 0 Å². The number of carbonyl (C=O) groups excluding carboxylic acids is 2. The predicted molar refractivity (Wildman–Crippen MR) is 103 cm³/mol. The van der Waals surface area contributed by atoms with E-state index in [9.17, 15) is 9.59 Å². The van der Waals surface area contributed by atoms with Crippen LogP contribution in [0, 0.1) is 6.92 Å². The fraction of sp³-hybridized carbons (Fsp3) is 0.200. The number of hydrogen-bond acceptors (Lipinski definition) is 5. The molecule has 0 unspecified atom stereocenters. The fourth-order valence-electron chi connectivity index (χ4n) is 2.54. The van der Waals surface area contributed by atoms with Crippen molar-refractivity contribution in [2.45, 2.75) is 27.2 Å². The van der Waals surface area contributed by atoms with Crippen molar-refractivity contribution in [3.63, 3.8) is 0 Å². The molecule has 0 fully saturated rings. The molecule has 7 heteroatoms. The maximum Gasteiger partial charge on any atom is 0.255 e. The third-order valence-corrected chi connectivity index (χ3v) is 3.96. The van der Waals surface area contributed by atoms with Crippen LogP contribution in [0.5, 0.6) is 0 Å². The van der Waals surface area contributed by atoms with Crippen LogP contribution in [-0.4, -0.2) is 22.0 Å². The van der Waals surface area contributed by atoms with Crippen molar-refractivity contribution in [3.8, 4) is 11.4 Å². The highest BCUT2D eigenvalue weighted by molar-refractivity contribution is 6.05. The Hall–Kier alpha value is -3.48. The Labute approximate surface area is 156 Å². The zero-order valence-corrected chi connectivity index (χ0v) is 15.4. The van der Waals surface area contributed by atoms with Gasteiger partial charge in [0.15, 0.2) is 0 Å². The number of benzene rings is 2. The van der Waals surface area contributed by atoms with Gasteiger partial charge in [0, 0.05) is 35.8 Å². The SMILES string of the molecule is CCc1nc(-c2cccc(NC(=O)c3ccc(C)c(NC(C)=O)c3)c2)no1. The molecule has 2 N–H and O–H groups in total. The van der Waals surface area contributed by atoms with E-state index in [2.05, 4.69) is 20.8 Å². The summed E-state index contributed by atoms with van der Waals surface area (Å²) in [4.78, 5) is 28.2. The molecule has 3 rings (SSSR count). The van der Waals surface area contributed by atoms with E-state index in [1.54, 1.807) is 30.3 Å². The number of nitrogens with one attached hydrogen (secondary N) is 2. The Morgan fingerprint density at radius 1 is 1.11 bits per heavy atom. The van der Waals surface area contributed by atoms with Gasteiger partial charge < -0.3 is 15.2 Å². The highest BCUT2D eigenvalue weighted by Crippen LogP contribution is 2.22. The van der Waals surface area contributed by atoms with Gasteiger partial charge in [-0.15, -0.1) is 0 Å². The molecule has 0 saturated carbocycles. The van der Waals surface area contributed by atoms with E-state index >= 15 is 0 Å². The maximum absolute atomic E-state index is 12.6. The standard InChI is InChI=1S/C20H20N4O3/c1-4-18-23-19(24-27-18)14-6-5-7-16(10-14)22-20(26)15-9-8-12(2)17(11-15)21-13(3)25/h5-11H,4H2,1-3H3,(H,21,25)(H,22,26). The number of rotatable bonds is 5. The smallest absolute Gasteiger partial charge is 0.255 e. The Kier molecular flexibility index (Phi) is 5.30. The van der Waals surface area contributed by atoms with Crippen molar-refractivity contribution in [2.75, 3.05) is 10.6 Å². The summed E-state index contributed by atoms with van der Waals surface area (Å²) in [5.74, 6) is 0.576. The van der Waals surface area contributed by atoms with Crippen molar-refractivity contribution in [1.29, 1.82) is 0 Å². The number of nitrogens with zero attached hydrogens (tertiary/aromatic N) is 2. The molecular formula is C20H20N4O3. The van der Waals surface area contributed by atoms with Crippen molar-refractivity contribution in [1.82, 2.24) is 10.1 Å². The van der Waals surface area contributed by atoms with Crippen molar-refractivity contribution < 1.29 is 14.1 Å². The number of amides is 2. The summed E-state index contributed by atoms with van der Waals surface area (Å²) in [5, 5.41) is 9.52. The van der Waals surface area contributed by atoms with Gasteiger partial charge in [0.1, 0.15) is 0 Å². The Balaban J connectivity index is 1.80. The van der Waals surface area contributed by atoms with Crippen LogP contribution >= 0.6 is 0 Å². The third-order valence-electron chi connectivity index (χ3n) is 3.96. The molecule has 27 heavy (non-hydrogen) atoms. The molecule has 0 atom stereocenters. The average Bonchev–Trinajstić information content (AvgIpc) is 3.12. The van der Waals surface area contributed by atoms with Crippen molar-refractivity contribution >= 4 is 23.2 Å². The molecule has 0 aliphatic heterocycles. The molecular weight excluding hydrogens is 344 g/mol. The van der Waals surface area contributed by atoms with E-state index in [4.69, 9.17) is 4.52 Å². The lowest BCUT2D eigenvalue weighted by atomic mass is 10.1. The van der Waals surface area contributed by atoms with Gasteiger partial charge in [-0.1, -0.05) is 30.3 Å². The van der Waals surface area contributed by atoms with E-state index in [1.807, 2.05) is 26.0 Å². The number of aryl methyl sites for hydroxylation is 2. The first kappa shape index (κ1) is 18.3. The van der Waals surface area contributed by atoms with Crippen molar-refractivity contribution in [3.05, 3.63) is 59.5 Å². The van der Waals surface area contributed by atoms with Crippen LogP contribution in [0.15, 0.2) is 47.0 Å². The molecule has 0 spiro atoms. The number of carbonyl (C=O) groups is 2. The molecule has 7 nitrogen and oxygen atoms in total. The molecule has 3 aromatic rings. The minimum absolute atomic E-state index is 0.185. The fourth-order valence-corrected chi connectivity index (χ4v) is 2.54. The lowest BCUT2D eigenvalue weighted by Crippen LogP contribution is -2.13. The van der Waals surface area contributed by atoms with Crippen LogP contribution in [0.1, 0.15) is 35.7 Å². The second kappa shape index (κ2) is 7.82. The second-order valence-corrected chi connectivity index (χ2v) is 6.11. The Morgan fingerprint density at radius 2 is 1.93 bits per heavy atom. The highest BCUT2D eigenvalue weighted by atomic mass is 16.5. The molecule has 138 valence electrons. The zero-order valence-electron chi connectivity index (χ0n) is 15.4. The molecule has 0 bridgehead atoms. The predicted octanol–water partition coefficient (Wildman–Crippen LogP) is 3.82. The van der Waals surface area contributed by atoms with Gasteiger partial charge in [-0.25, -0.2) is 0 Å². The first-order chi connectivity index (χ1) is 13.0. The van der Waals surface area contributed by atoms with E-state index in [0.717, 1.165) is 11.1 Å². The van der Waals surface area contributed by atoms with Gasteiger partial charge in [-0.3, -0.25) is 9.59 Å². The molecule has 1 heterocycles. The highest BCUT2D eigenvalue weighted by Gasteiger charge is 2.12. The van der Waals surface area contributed by atoms with Gasteiger partial charge >= 0.3 is 0 Å². The quantitative estimate of drug-likeness (QED) is 0.717. The summed E-state index contributed by atoms with van der Waals surface area (Å²) in [7, 11) is 0. The van der Waals surface area contributed by atoms with Gasteiger partial charge in [-0.05, 0) is 36.8 Å². The zero-order chi connectivity index (χ0) is 19.4. The number of anilines is 2. The summed E-state index contributed by atoms with van der Waals surface area (Å²) in [5.41, 5.74) is 3.30. The largest absolute Gasteiger partial charge is 0.339 e. The molecule has 0 radical (unpaired) electrons. The minimum Gasteiger partial charge on any atom is -0.339 e. The average molecular weight is 364 g/mol. The van der Waals surface area contributed by atoms with Crippen LogP contribution in [-0.2, 0) is 11.2 Å². The monoisotopic (exact) mass is 364 g/mol. The van der Waals surface area contributed by atoms with Gasteiger partial charge in [0.05, 0.1) is 0 Å². The second-order valence-electron chi connectivity index (χ2n) is 6.11. The summed E-state index contributed by atoms with van der Waals surface area (Å²) >= 11 is 0.